The summed E-state index contributed by atoms with van der Waals surface area (Å²) in [6.45, 7) is 7.05. The maximum absolute atomic E-state index is 5.72. The van der Waals surface area contributed by atoms with Crippen LogP contribution in [-0.2, 0) is 4.74 Å². The van der Waals surface area contributed by atoms with Crippen LogP contribution in [0.2, 0.25) is 0 Å². The van der Waals surface area contributed by atoms with Crippen molar-refractivity contribution in [2.24, 2.45) is 11.7 Å². The van der Waals surface area contributed by atoms with E-state index < -0.39 is 0 Å². The number of methoxy groups -OCH3 is 1. The number of ether oxygens (including phenoxy) is 1. The Kier molecular flexibility index (Phi) is 8.14. The second-order valence-electron chi connectivity index (χ2n) is 4.13. The van der Waals surface area contributed by atoms with Gasteiger partial charge in [-0.05, 0) is 32.9 Å². The van der Waals surface area contributed by atoms with Crippen LogP contribution in [0.3, 0.4) is 0 Å². The summed E-state index contributed by atoms with van der Waals surface area (Å²) >= 11 is 0. The summed E-state index contributed by atoms with van der Waals surface area (Å²) < 4.78 is 5.13. The van der Waals surface area contributed by atoms with Crippen molar-refractivity contribution in [3.63, 3.8) is 0 Å². The average Bonchev–Trinajstić information content (AvgIpc) is 2.17. The number of hydrogen-bond acceptors (Lipinski definition) is 3. The quantitative estimate of drug-likeness (QED) is 0.645. The van der Waals surface area contributed by atoms with Gasteiger partial charge in [-0.3, -0.25) is 0 Å². The molecule has 0 amide bonds. The van der Waals surface area contributed by atoms with Gasteiger partial charge in [0.2, 0.25) is 0 Å². The van der Waals surface area contributed by atoms with E-state index in [2.05, 4.69) is 25.8 Å². The van der Waals surface area contributed by atoms with Gasteiger partial charge in [0.15, 0.2) is 0 Å². The zero-order chi connectivity index (χ0) is 11.0. The standard InChI is InChI=1S/C11H26N2O/c1-5-6-11(7-12)8-13(3)10(2)9-14-4/h10-11H,5-9,12H2,1-4H3. The second kappa shape index (κ2) is 8.21. The average molecular weight is 202 g/mol. The third-order valence-electron chi connectivity index (χ3n) is 2.74. The Bertz CT molecular complexity index is 130. The molecule has 2 N–H and O–H groups in total. The van der Waals surface area contributed by atoms with E-state index in [0.29, 0.717) is 12.0 Å². The lowest BCUT2D eigenvalue weighted by molar-refractivity contribution is 0.105. The van der Waals surface area contributed by atoms with Crippen LogP contribution in [0.15, 0.2) is 0 Å². The van der Waals surface area contributed by atoms with Crippen molar-refractivity contribution in [3.05, 3.63) is 0 Å². The van der Waals surface area contributed by atoms with Crippen LogP contribution in [0.4, 0.5) is 0 Å². The van der Waals surface area contributed by atoms with Crippen molar-refractivity contribution in [1.82, 2.24) is 4.90 Å². The molecule has 14 heavy (non-hydrogen) atoms. The molecule has 0 saturated heterocycles. The monoisotopic (exact) mass is 202 g/mol. The molecule has 0 bridgehead atoms. The van der Waals surface area contributed by atoms with Crippen molar-refractivity contribution >= 4 is 0 Å². The van der Waals surface area contributed by atoms with Crippen molar-refractivity contribution in [2.75, 3.05) is 33.9 Å². The molecule has 0 aliphatic heterocycles. The minimum Gasteiger partial charge on any atom is -0.383 e. The van der Waals surface area contributed by atoms with Crippen molar-refractivity contribution in [1.29, 1.82) is 0 Å². The Labute approximate surface area is 88.6 Å². The van der Waals surface area contributed by atoms with Gasteiger partial charge in [-0.1, -0.05) is 13.3 Å². The largest absolute Gasteiger partial charge is 0.383 e. The predicted octanol–water partition coefficient (Wildman–Crippen LogP) is 1.33. The van der Waals surface area contributed by atoms with Crippen LogP contribution in [-0.4, -0.2) is 44.8 Å². The first kappa shape index (κ1) is 13.9. The lowest BCUT2D eigenvalue weighted by Crippen LogP contribution is -2.38. The van der Waals surface area contributed by atoms with Gasteiger partial charge < -0.3 is 15.4 Å². The minimum absolute atomic E-state index is 0.478. The fraction of sp³-hybridized carbons (Fsp3) is 1.00. The fourth-order valence-electron chi connectivity index (χ4n) is 1.65. The van der Waals surface area contributed by atoms with Gasteiger partial charge >= 0.3 is 0 Å². The normalized spacial score (nSPS) is 15.9. The first-order valence-corrected chi connectivity index (χ1v) is 5.54. The van der Waals surface area contributed by atoms with Gasteiger partial charge in [0.05, 0.1) is 6.61 Å². The molecule has 0 rings (SSSR count). The van der Waals surface area contributed by atoms with E-state index in [4.69, 9.17) is 10.5 Å². The molecule has 86 valence electrons. The van der Waals surface area contributed by atoms with Gasteiger partial charge in [0.25, 0.3) is 0 Å². The fourth-order valence-corrected chi connectivity index (χ4v) is 1.65. The maximum atomic E-state index is 5.72. The summed E-state index contributed by atoms with van der Waals surface area (Å²) in [5.74, 6) is 0.629. The summed E-state index contributed by atoms with van der Waals surface area (Å²) in [5.41, 5.74) is 5.72. The Balaban J connectivity index is 3.81. The lowest BCUT2D eigenvalue weighted by atomic mass is 10.0. The molecule has 2 unspecified atom stereocenters. The summed E-state index contributed by atoms with van der Waals surface area (Å²) in [7, 11) is 3.89. The van der Waals surface area contributed by atoms with Crippen LogP contribution in [0, 0.1) is 5.92 Å². The Morgan fingerprint density at radius 1 is 1.43 bits per heavy atom. The van der Waals surface area contributed by atoms with E-state index in [-0.39, 0.29) is 0 Å². The smallest absolute Gasteiger partial charge is 0.0615 e. The third kappa shape index (κ3) is 5.58. The van der Waals surface area contributed by atoms with E-state index in [1.165, 1.54) is 12.8 Å². The highest BCUT2D eigenvalue weighted by atomic mass is 16.5. The molecule has 3 heteroatoms. The molecular weight excluding hydrogens is 176 g/mol. The van der Waals surface area contributed by atoms with Crippen LogP contribution >= 0.6 is 0 Å². The van der Waals surface area contributed by atoms with Gasteiger partial charge in [0, 0.05) is 19.7 Å². The van der Waals surface area contributed by atoms with Gasteiger partial charge in [-0.2, -0.15) is 0 Å². The number of nitrogens with zero attached hydrogens (tertiary/aromatic N) is 1. The molecule has 3 nitrogen and oxygen atoms in total. The zero-order valence-electron chi connectivity index (χ0n) is 10.1. The molecule has 0 aliphatic rings. The Hall–Kier alpha value is -0.120. The topological polar surface area (TPSA) is 38.5 Å². The summed E-state index contributed by atoms with van der Waals surface area (Å²) in [5, 5.41) is 0. The van der Waals surface area contributed by atoms with E-state index in [0.717, 1.165) is 19.7 Å². The molecule has 0 heterocycles. The van der Waals surface area contributed by atoms with E-state index in [1.54, 1.807) is 7.11 Å². The molecular formula is C11H26N2O. The van der Waals surface area contributed by atoms with Gasteiger partial charge in [-0.25, -0.2) is 0 Å². The molecule has 0 fully saturated rings. The number of likely N-dealkylation sites (N-methyl/N-ethyl adjacent to an activating group) is 1. The Morgan fingerprint density at radius 3 is 2.50 bits per heavy atom. The number of hydrogen-bond donors (Lipinski definition) is 1. The first-order chi connectivity index (χ1) is 6.65. The predicted molar refractivity (Wildman–Crippen MR) is 61.4 cm³/mol. The zero-order valence-corrected chi connectivity index (χ0v) is 10.1. The minimum atomic E-state index is 0.478. The van der Waals surface area contributed by atoms with Crippen LogP contribution in [0.25, 0.3) is 0 Å². The van der Waals surface area contributed by atoms with E-state index in [9.17, 15) is 0 Å². The molecule has 0 aromatic rings. The van der Waals surface area contributed by atoms with Gasteiger partial charge in [0.1, 0.15) is 0 Å². The second-order valence-corrected chi connectivity index (χ2v) is 4.13. The third-order valence-corrected chi connectivity index (χ3v) is 2.74. The molecule has 0 aromatic carbocycles. The lowest BCUT2D eigenvalue weighted by Gasteiger charge is -2.28. The SMILES string of the molecule is CCCC(CN)CN(C)C(C)COC. The van der Waals surface area contributed by atoms with Crippen LogP contribution < -0.4 is 5.73 Å². The molecule has 0 saturated carbocycles. The van der Waals surface area contributed by atoms with Crippen molar-refractivity contribution in [3.8, 4) is 0 Å². The highest BCUT2D eigenvalue weighted by Crippen LogP contribution is 2.08. The highest BCUT2D eigenvalue weighted by Gasteiger charge is 2.13. The van der Waals surface area contributed by atoms with Crippen molar-refractivity contribution < 1.29 is 4.74 Å². The van der Waals surface area contributed by atoms with Crippen molar-refractivity contribution in [2.45, 2.75) is 32.7 Å². The highest BCUT2D eigenvalue weighted by molar-refractivity contribution is 4.68. The van der Waals surface area contributed by atoms with Crippen LogP contribution in [0.1, 0.15) is 26.7 Å². The maximum Gasteiger partial charge on any atom is 0.0615 e. The summed E-state index contributed by atoms with van der Waals surface area (Å²) in [4.78, 5) is 2.33. The number of nitrogens with two attached hydrogens (primary N) is 1. The molecule has 0 spiro atoms. The molecule has 0 aliphatic carbocycles. The molecule has 0 aromatic heterocycles. The van der Waals surface area contributed by atoms with Crippen LogP contribution in [0.5, 0.6) is 0 Å². The van der Waals surface area contributed by atoms with E-state index in [1.807, 2.05) is 0 Å². The summed E-state index contributed by atoms with van der Waals surface area (Å²) in [6, 6.07) is 0.478. The van der Waals surface area contributed by atoms with Gasteiger partial charge in [-0.15, -0.1) is 0 Å². The molecule has 2 atom stereocenters. The summed E-state index contributed by atoms with van der Waals surface area (Å²) in [6.07, 6.45) is 2.44. The first-order valence-electron chi connectivity index (χ1n) is 5.54. The molecule has 0 radical (unpaired) electrons. The Morgan fingerprint density at radius 2 is 2.07 bits per heavy atom. The number of rotatable bonds is 8. The van der Waals surface area contributed by atoms with E-state index >= 15 is 0 Å².